The molecule has 0 amide bonds. The highest BCUT2D eigenvalue weighted by molar-refractivity contribution is 5.70. The molecule has 1 rings (SSSR count). The molecule has 5 nitrogen and oxygen atoms in total. The Kier molecular flexibility index (Phi) is 6.98. The van der Waals surface area contributed by atoms with E-state index in [1.165, 1.54) is 0 Å². The first-order valence-electron chi connectivity index (χ1n) is 6.11. The number of carbonyl (C=O) groups is 1. The third kappa shape index (κ3) is 5.75. The SMILES string of the molecule is CCOC(=O)COCCN[C@@H](C)c1ccccn1. The fourth-order valence-corrected chi connectivity index (χ4v) is 1.44. The third-order valence-electron chi connectivity index (χ3n) is 2.35. The Balaban J connectivity index is 2.09. The highest BCUT2D eigenvalue weighted by Gasteiger charge is 2.05. The van der Waals surface area contributed by atoms with E-state index in [0.29, 0.717) is 19.8 Å². The molecule has 1 N–H and O–H groups in total. The molecule has 0 aliphatic heterocycles. The number of esters is 1. The van der Waals surface area contributed by atoms with Gasteiger partial charge in [-0.3, -0.25) is 4.98 Å². The number of aromatic nitrogens is 1. The molecule has 0 aliphatic rings. The molecule has 100 valence electrons. The predicted octanol–water partition coefficient (Wildman–Crippen LogP) is 1.31. The highest BCUT2D eigenvalue weighted by Crippen LogP contribution is 2.06. The van der Waals surface area contributed by atoms with Crippen molar-refractivity contribution < 1.29 is 14.3 Å². The van der Waals surface area contributed by atoms with Crippen LogP contribution in [0.1, 0.15) is 25.6 Å². The van der Waals surface area contributed by atoms with Gasteiger partial charge in [0.05, 0.1) is 18.9 Å². The normalized spacial score (nSPS) is 12.1. The van der Waals surface area contributed by atoms with E-state index in [0.717, 1.165) is 5.69 Å². The maximum atomic E-state index is 11.0. The average Bonchev–Trinajstić information content (AvgIpc) is 2.39. The molecule has 1 aromatic heterocycles. The number of nitrogens with zero attached hydrogens (tertiary/aromatic N) is 1. The molecule has 1 atom stereocenters. The summed E-state index contributed by atoms with van der Waals surface area (Å²) in [5.41, 5.74) is 0.989. The van der Waals surface area contributed by atoms with E-state index in [1.54, 1.807) is 13.1 Å². The number of pyridine rings is 1. The Hall–Kier alpha value is -1.46. The maximum Gasteiger partial charge on any atom is 0.332 e. The van der Waals surface area contributed by atoms with E-state index in [1.807, 2.05) is 25.1 Å². The van der Waals surface area contributed by atoms with Gasteiger partial charge in [0.2, 0.25) is 0 Å². The van der Waals surface area contributed by atoms with Gasteiger partial charge in [-0.2, -0.15) is 0 Å². The Morgan fingerprint density at radius 1 is 1.50 bits per heavy atom. The Bertz CT molecular complexity index is 343. The highest BCUT2D eigenvalue weighted by atomic mass is 16.6. The molecule has 0 spiro atoms. The quantitative estimate of drug-likeness (QED) is 0.558. The summed E-state index contributed by atoms with van der Waals surface area (Å²) < 4.78 is 9.92. The average molecular weight is 252 g/mol. The van der Waals surface area contributed by atoms with Crippen LogP contribution in [-0.2, 0) is 14.3 Å². The second-order valence-electron chi connectivity index (χ2n) is 3.79. The van der Waals surface area contributed by atoms with Crippen molar-refractivity contribution in [3.8, 4) is 0 Å². The van der Waals surface area contributed by atoms with Crippen molar-refractivity contribution in [2.24, 2.45) is 0 Å². The second kappa shape index (κ2) is 8.60. The molecule has 0 radical (unpaired) electrons. The Labute approximate surface area is 108 Å². The van der Waals surface area contributed by atoms with Crippen LogP contribution in [0.5, 0.6) is 0 Å². The first kappa shape index (κ1) is 14.6. The van der Waals surface area contributed by atoms with E-state index >= 15 is 0 Å². The molecule has 0 unspecified atom stereocenters. The lowest BCUT2D eigenvalue weighted by Crippen LogP contribution is -2.25. The third-order valence-corrected chi connectivity index (χ3v) is 2.35. The smallest absolute Gasteiger partial charge is 0.332 e. The van der Waals surface area contributed by atoms with Gasteiger partial charge in [0.15, 0.2) is 0 Å². The number of hydrogen-bond acceptors (Lipinski definition) is 5. The van der Waals surface area contributed by atoms with Crippen LogP contribution in [-0.4, -0.2) is 37.3 Å². The van der Waals surface area contributed by atoms with Crippen molar-refractivity contribution in [1.29, 1.82) is 0 Å². The van der Waals surface area contributed by atoms with Crippen LogP contribution >= 0.6 is 0 Å². The molecule has 0 aromatic carbocycles. The van der Waals surface area contributed by atoms with Gasteiger partial charge in [-0.05, 0) is 26.0 Å². The summed E-state index contributed by atoms with van der Waals surface area (Å²) in [4.78, 5) is 15.2. The van der Waals surface area contributed by atoms with Crippen molar-refractivity contribution in [3.63, 3.8) is 0 Å². The van der Waals surface area contributed by atoms with Gasteiger partial charge in [0.1, 0.15) is 6.61 Å². The zero-order valence-electron chi connectivity index (χ0n) is 10.9. The molecule has 1 aromatic rings. The summed E-state index contributed by atoms with van der Waals surface area (Å²) in [6, 6.07) is 5.98. The summed E-state index contributed by atoms with van der Waals surface area (Å²) in [5.74, 6) is -0.324. The van der Waals surface area contributed by atoms with E-state index < -0.39 is 0 Å². The molecular formula is C13H20N2O3. The number of nitrogens with one attached hydrogen (secondary N) is 1. The van der Waals surface area contributed by atoms with Crippen LogP contribution in [0.25, 0.3) is 0 Å². The maximum absolute atomic E-state index is 11.0. The molecule has 1 heterocycles. The van der Waals surface area contributed by atoms with Gasteiger partial charge >= 0.3 is 5.97 Å². The van der Waals surface area contributed by atoms with Gasteiger partial charge in [-0.1, -0.05) is 6.07 Å². The van der Waals surface area contributed by atoms with Gasteiger partial charge < -0.3 is 14.8 Å². The first-order chi connectivity index (χ1) is 8.74. The standard InChI is InChI=1S/C13H20N2O3/c1-3-18-13(16)10-17-9-8-14-11(2)12-6-4-5-7-15-12/h4-7,11,14H,3,8-10H2,1-2H3/t11-/m0/s1. The van der Waals surface area contributed by atoms with Gasteiger partial charge in [0, 0.05) is 18.8 Å². The summed E-state index contributed by atoms with van der Waals surface area (Å²) in [7, 11) is 0. The lowest BCUT2D eigenvalue weighted by atomic mass is 10.2. The summed E-state index contributed by atoms with van der Waals surface area (Å²) >= 11 is 0. The molecular weight excluding hydrogens is 232 g/mol. The van der Waals surface area contributed by atoms with Crippen molar-refractivity contribution in [3.05, 3.63) is 30.1 Å². The van der Waals surface area contributed by atoms with Crippen molar-refractivity contribution >= 4 is 5.97 Å². The number of carbonyl (C=O) groups excluding carboxylic acids is 1. The van der Waals surface area contributed by atoms with Crippen LogP contribution in [0.2, 0.25) is 0 Å². The van der Waals surface area contributed by atoms with Crippen molar-refractivity contribution in [2.45, 2.75) is 19.9 Å². The summed E-state index contributed by atoms with van der Waals surface area (Å²) in [6.07, 6.45) is 1.77. The topological polar surface area (TPSA) is 60.5 Å². The van der Waals surface area contributed by atoms with Gasteiger partial charge in [-0.25, -0.2) is 4.79 Å². The number of ether oxygens (including phenoxy) is 2. The lowest BCUT2D eigenvalue weighted by molar-refractivity contribution is -0.148. The zero-order chi connectivity index (χ0) is 13.2. The molecule has 0 aliphatic carbocycles. The summed E-state index contributed by atoms with van der Waals surface area (Å²) in [5, 5.41) is 3.27. The molecule has 0 fully saturated rings. The van der Waals surface area contributed by atoms with Crippen LogP contribution in [0.4, 0.5) is 0 Å². The lowest BCUT2D eigenvalue weighted by Gasteiger charge is -2.12. The molecule has 0 saturated carbocycles. The van der Waals surface area contributed by atoms with Crippen molar-refractivity contribution in [1.82, 2.24) is 10.3 Å². The fraction of sp³-hybridized carbons (Fsp3) is 0.538. The van der Waals surface area contributed by atoms with Crippen LogP contribution < -0.4 is 5.32 Å². The van der Waals surface area contributed by atoms with Crippen molar-refractivity contribution in [2.75, 3.05) is 26.4 Å². The van der Waals surface area contributed by atoms with Gasteiger partial charge in [0.25, 0.3) is 0 Å². The summed E-state index contributed by atoms with van der Waals surface area (Å²) in [6.45, 7) is 5.33. The fourth-order valence-electron chi connectivity index (χ4n) is 1.44. The monoisotopic (exact) mass is 252 g/mol. The van der Waals surface area contributed by atoms with Crippen LogP contribution in [0.3, 0.4) is 0 Å². The first-order valence-corrected chi connectivity index (χ1v) is 6.11. The predicted molar refractivity (Wildman–Crippen MR) is 68.1 cm³/mol. The molecule has 5 heteroatoms. The molecule has 18 heavy (non-hydrogen) atoms. The largest absolute Gasteiger partial charge is 0.464 e. The van der Waals surface area contributed by atoms with E-state index in [-0.39, 0.29) is 18.6 Å². The van der Waals surface area contributed by atoms with Crippen LogP contribution in [0.15, 0.2) is 24.4 Å². The van der Waals surface area contributed by atoms with E-state index in [9.17, 15) is 4.79 Å². The number of rotatable bonds is 8. The minimum absolute atomic E-state index is 0.00743. The molecule has 0 saturated heterocycles. The Morgan fingerprint density at radius 3 is 3.00 bits per heavy atom. The number of hydrogen-bond donors (Lipinski definition) is 1. The van der Waals surface area contributed by atoms with Crippen LogP contribution in [0, 0.1) is 0 Å². The van der Waals surface area contributed by atoms with E-state index in [2.05, 4.69) is 10.3 Å². The Morgan fingerprint density at radius 2 is 2.33 bits per heavy atom. The molecule has 0 bridgehead atoms. The minimum Gasteiger partial charge on any atom is -0.464 e. The van der Waals surface area contributed by atoms with E-state index in [4.69, 9.17) is 9.47 Å². The second-order valence-corrected chi connectivity index (χ2v) is 3.79. The minimum atomic E-state index is -0.324. The van der Waals surface area contributed by atoms with Gasteiger partial charge in [-0.15, -0.1) is 0 Å². The zero-order valence-corrected chi connectivity index (χ0v) is 10.9.